The van der Waals surface area contributed by atoms with Gasteiger partial charge in [0.1, 0.15) is 0 Å². The van der Waals surface area contributed by atoms with E-state index in [0.717, 1.165) is 23.9 Å². The minimum atomic E-state index is 0.470. The molecular weight excluding hydrogens is 266 g/mol. The van der Waals surface area contributed by atoms with Crippen molar-refractivity contribution in [3.8, 4) is 0 Å². The molecule has 0 spiro atoms. The zero-order chi connectivity index (χ0) is 14.6. The van der Waals surface area contributed by atoms with Gasteiger partial charge >= 0.3 is 0 Å². The fraction of sp³-hybridized carbons (Fsp3) is 0.667. The Balaban J connectivity index is 2.08. The smallest absolute Gasteiger partial charge is 0.0406 e. The number of rotatable bonds is 6. The summed E-state index contributed by atoms with van der Waals surface area (Å²) in [7, 11) is 0. The number of hydrogen-bond acceptors (Lipinski definition) is 1. The highest BCUT2D eigenvalue weighted by Gasteiger charge is 2.39. The third-order valence-corrected chi connectivity index (χ3v) is 5.10. The van der Waals surface area contributed by atoms with Gasteiger partial charge in [-0.25, -0.2) is 0 Å². The second-order valence-corrected chi connectivity index (χ2v) is 7.31. The second-order valence-electron chi connectivity index (χ2n) is 6.88. The molecule has 112 valence electrons. The number of benzene rings is 1. The first-order valence-electron chi connectivity index (χ1n) is 8.01. The topological polar surface area (TPSA) is 12.0 Å². The van der Waals surface area contributed by atoms with Crippen molar-refractivity contribution in [2.45, 2.75) is 58.9 Å². The molecule has 2 heteroatoms. The molecule has 0 heterocycles. The lowest BCUT2D eigenvalue weighted by atomic mass is 9.76. The molecule has 0 radical (unpaired) electrons. The molecule has 2 atom stereocenters. The zero-order valence-electron chi connectivity index (χ0n) is 13.1. The molecule has 2 rings (SSSR count). The second kappa shape index (κ2) is 6.95. The lowest BCUT2D eigenvalue weighted by molar-refractivity contribution is 0.195. The van der Waals surface area contributed by atoms with Crippen LogP contribution in [0.1, 0.15) is 52.0 Å². The van der Waals surface area contributed by atoms with E-state index in [9.17, 15) is 0 Å². The van der Waals surface area contributed by atoms with Gasteiger partial charge in [-0.2, -0.15) is 0 Å². The maximum atomic E-state index is 5.99. The first kappa shape index (κ1) is 15.9. The fourth-order valence-electron chi connectivity index (χ4n) is 3.66. The van der Waals surface area contributed by atoms with Crippen LogP contribution in [0.25, 0.3) is 0 Å². The van der Waals surface area contributed by atoms with Gasteiger partial charge in [0.2, 0.25) is 0 Å². The van der Waals surface area contributed by atoms with E-state index in [1.807, 2.05) is 12.1 Å². The average molecular weight is 294 g/mol. The lowest BCUT2D eigenvalue weighted by Crippen LogP contribution is -2.42. The first-order valence-corrected chi connectivity index (χ1v) is 8.38. The Kier molecular flexibility index (Phi) is 5.51. The third kappa shape index (κ3) is 3.99. The molecule has 1 fully saturated rings. The maximum Gasteiger partial charge on any atom is 0.0406 e. The Bertz CT molecular complexity index is 410. The molecule has 1 aliphatic rings. The van der Waals surface area contributed by atoms with Crippen LogP contribution in [-0.4, -0.2) is 12.6 Å². The highest BCUT2D eigenvalue weighted by atomic mass is 35.5. The summed E-state index contributed by atoms with van der Waals surface area (Å²) in [6.07, 6.45) is 6.42. The maximum absolute atomic E-state index is 5.99. The van der Waals surface area contributed by atoms with E-state index in [4.69, 9.17) is 11.6 Å². The molecule has 1 aromatic rings. The van der Waals surface area contributed by atoms with Crippen molar-refractivity contribution in [2.75, 3.05) is 6.54 Å². The van der Waals surface area contributed by atoms with Crippen LogP contribution in [0.15, 0.2) is 24.3 Å². The van der Waals surface area contributed by atoms with Crippen molar-refractivity contribution in [1.29, 1.82) is 0 Å². The summed E-state index contributed by atoms with van der Waals surface area (Å²) in [6, 6.07) is 8.95. The minimum Gasteiger partial charge on any atom is -0.313 e. The quantitative estimate of drug-likeness (QED) is 0.771. The third-order valence-electron chi connectivity index (χ3n) is 4.85. The number of halogens is 1. The SMILES string of the molecule is CCCNC(Cc1ccc(Cl)cc1)C1CCCC1(C)C. The Morgan fingerprint density at radius 3 is 2.55 bits per heavy atom. The van der Waals surface area contributed by atoms with Crippen LogP contribution in [0.5, 0.6) is 0 Å². The molecule has 0 saturated heterocycles. The van der Waals surface area contributed by atoms with Gasteiger partial charge in [-0.3, -0.25) is 0 Å². The predicted octanol–water partition coefficient (Wildman–Crippen LogP) is 5.08. The van der Waals surface area contributed by atoms with Crippen LogP contribution in [-0.2, 0) is 6.42 Å². The van der Waals surface area contributed by atoms with Crippen LogP contribution >= 0.6 is 11.6 Å². The van der Waals surface area contributed by atoms with Gasteiger partial charge in [0.15, 0.2) is 0 Å². The molecule has 2 unspecified atom stereocenters. The van der Waals surface area contributed by atoms with Gasteiger partial charge < -0.3 is 5.32 Å². The molecule has 1 aliphatic carbocycles. The van der Waals surface area contributed by atoms with Gasteiger partial charge in [0.05, 0.1) is 0 Å². The minimum absolute atomic E-state index is 0.470. The average Bonchev–Trinajstić information content (AvgIpc) is 2.76. The van der Waals surface area contributed by atoms with Crippen LogP contribution < -0.4 is 5.32 Å². The molecular formula is C18H28ClN. The van der Waals surface area contributed by atoms with Gasteiger partial charge in [0, 0.05) is 11.1 Å². The van der Waals surface area contributed by atoms with Crippen LogP contribution in [0.3, 0.4) is 0 Å². The highest BCUT2D eigenvalue weighted by Crippen LogP contribution is 2.45. The number of nitrogens with one attached hydrogen (secondary N) is 1. The summed E-state index contributed by atoms with van der Waals surface area (Å²) in [5.74, 6) is 0.782. The van der Waals surface area contributed by atoms with E-state index in [-0.39, 0.29) is 0 Å². The van der Waals surface area contributed by atoms with Gasteiger partial charge in [-0.05, 0) is 61.3 Å². The predicted molar refractivity (Wildman–Crippen MR) is 88.4 cm³/mol. The standard InChI is InChI=1S/C18H28ClN/c1-4-12-20-17(16-6-5-11-18(16,2)3)13-14-7-9-15(19)10-8-14/h7-10,16-17,20H,4-6,11-13H2,1-3H3. The summed E-state index contributed by atoms with van der Waals surface area (Å²) in [4.78, 5) is 0. The molecule has 1 saturated carbocycles. The molecule has 0 amide bonds. The van der Waals surface area contributed by atoms with Gasteiger partial charge in [-0.15, -0.1) is 0 Å². The van der Waals surface area contributed by atoms with Crippen molar-refractivity contribution in [2.24, 2.45) is 11.3 Å². The van der Waals surface area contributed by atoms with Gasteiger partial charge in [-0.1, -0.05) is 50.9 Å². The Hall–Kier alpha value is -0.530. The van der Waals surface area contributed by atoms with E-state index in [1.165, 1.54) is 31.2 Å². The molecule has 1 aromatic carbocycles. The van der Waals surface area contributed by atoms with E-state index in [2.05, 4.69) is 38.2 Å². The molecule has 0 aromatic heterocycles. The monoisotopic (exact) mass is 293 g/mol. The van der Waals surface area contributed by atoms with Crippen LogP contribution in [0, 0.1) is 11.3 Å². The number of hydrogen-bond donors (Lipinski definition) is 1. The van der Waals surface area contributed by atoms with Crippen molar-refractivity contribution in [3.05, 3.63) is 34.9 Å². The van der Waals surface area contributed by atoms with Crippen LogP contribution in [0.2, 0.25) is 5.02 Å². The van der Waals surface area contributed by atoms with Crippen molar-refractivity contribution >= 4 is 11.6 Å². The fourth-order valence-corrected chi connectivity index (χ4v) is 3.79. The lowest BCUT2D eigenvalue weighted by Gasteiger charge is -2.35. The summed E-state index contributed by atoms with van der Waals surface area (Å²) in [5.41, 5.74) is 1.86. The molecule has 0 aliphatic heterocycles. The summed E-state index contributed by atoms with van der Waals surface area (Å²) >= 11 is 5.99. The Labute approximate surface area is 129 Å². The summed E-state index contributed by atoms with van der Waals surface area (Å²) < 4.78 is 0. The van der Waals surface area contributed by atoms with Crippen molar-refractivity contribution in [3.63, 3.8) is 0 Å². The zero-order valence-corrected chi connectivity index (χ0v) is 13.8. The van der Waals surface area contributed by atoms with E-state index in [0.29, 0.717) is 11.5 Å². The Morgan fingerprint density at radius 1 is 1.30 bits per heavy atom. The van der Waals surface area contributed by atoms with E-state index < -0.39 is 0 Å². The first-order chi connectivity index (χ1) is 9.53. The molecule has 1 nitrogen and oxygen atoms in total. The van der Waals surface area contributed by atoms with Crippen molar-refractivity contribution < 1.29 is 0 Å². The molecule has 0 bridgehead atoms. The van der Waals surface area contributed by atoms with Crippen molar-refractivity contribution in [1.82, 2.24) is 5.32 Å². The van der Waals surface area contributed by atoms with Gasteiger partial charge in [0.25, 0.3) is 0 Å². The summed E-state index contributed by atoms with van der Waals surface area (Å²) in [5, 5.41) is 4.62. The summed E-state index contributed by atoms with van der Waals surface area (Å²) in [6.45, 7) is 8.23. The highest BCUT2D eigenvalue weighted by molar-refractivity contribution is 6.30. The largest absolute Gasteiger partial charge is 0.313 e. The van der Waals surface area contributed by atoms with E-state index >= 15 is 0 Å². The normalized spacial score (nSPS) is 22.9. The van der Waals surface area contributed by atoms with Crippen LogP contribution in [0.4, 0.5) is 0 Å². The molecule has 20 heavy (non-hydrogen) atoms. The van der Waals surface area contributed by atoms with E-state index in [1.54, 1.807) is 0 Å². The Morgan fingerprint density at radius 2 is 2.00 bits per heavy atom. The molecule has 1 N–H and O–H groups in total.